The minimum absolute atomic E-state index is 0.397. The fourth-order valence-electron chi connectivity index (χ4n) is 1.82. The average Bonchev–Trinajstić information content (AvgIpc) is 2.75. The number of fused-ring (bicyclic) bond motifs is 2. The highest BCUT2D eigenvalue weighted by Gasteiger charge is 2.48. The molecule has 1 aromatic carbocycles. The van der Waals surface area contributed by atoms with Gasteiger partial charge in [0, 0.05) is 0 Å². The maximum absolute atomic E-state index is 5.54. The Bertz CT molecular complexity index is 399. The molecule has 0 amide bonds. The zero-order valence-corrected chi connectivity index (χ0v) is 7.66. The Morgan fingerprint density at radius 3 is 2.71 bits per heavy atom. The van der Waals surface area contributed by atoms with Crippen molar-refractivity contribution in [2.24, 2.45) is 0 Å². The molecule has 0 radical (unpaired) electrons. The molecule has 1 unspecified atom stereocenters. The van der Waals surface area contributed by atoms with Crippen LogP contribution in [0.3, 0.4) is 0 Å². The van der Waals surface area contributed by atoms with Gasteiger partial charge in [-0.15, -0.1) is 0 Å². The van der Waals surface area contributed by atoms with Crippen molar-refractivity contribution in [2.75, 3.05) is 6.61 Å². The number of hydrogen-bond acceptors (Lipinski definition) is 3. The molecule has 2 aliphatic rings. The van der Waals surface area contributed by atoms with Crippen molar-refractivity contribution >= 4 is 0 Å². The second-order valence-corrected chi connectivity index (χ2v) is 3.43. The second-order valence-electron chi connectivity index (χ2n) is 3.43. The molecule has 3 heteroatoms. The third kappa shape index (κ3) is 0.937. The Hall–Kier alpha value is -1.32. The number of ether oxygens (including phenoxy) is 3. The van der Waals surface area contributed by atoms with Gasteiger partial charge in [0.1, 0.15) is 12.4 Å². The standard InChI is InChI=1S/C11H10O3/c1-8-6-12-11(14-8)10-5-3-2-4-9(10)7-13-11/h2-5H,1,6-7H2. The van der Waals surface area contributed by atoms with E-state index < -0.39 is 5.97 Å². The Kier molecular flexibility index (Phi) is 1.48. The molecule has 0 aliphatic carbocycles. The molecular formula is C11H10O3. The van der Waals surface area contributed by atoms with Crippen molar-refractivity contribution in [3.63, 3.8) is 0 Å². The fourth-order valence-corrected chi connectivity index (χ4v) is 1.82. The molecule has 2 heterocycles. The van der Waals surface area contributed by atoms with Crippen LogP contribution in [0.2, 0.25) is 0 Å². The first-order valence-corrected chi connectivity index (χ1v) is 4.53. The zero-order chi connectivity index (χ0) is 9.60. The summed E-state index contributed by atoms with van der Waals surface area (Å²) in [6.07, 6.45) is 0. The van der Waals surface area contributed by atoms with Crippen LogP contribution in [-0.2, 0) is 26.8 Å². The first-order valence-electron chi connectivity index (χ1n) is 4.53. The van der Waals surface area contributed by atoms with Gasteiger partial charge >= 0.3 is 5.97 Å². The maximum atomic E-state index is 5.54. The summed E-state index contributed by atoms with van der Waals surface area (Å²) in [6, 6.07) is 7.90. The number of rotatable bonds is 0. The summed E-state index contributed by atoms with van der Waals surface area (Å²) >= 11 is 0. The normalized spacial score (nSPS) is 29.3. The summed E-state index contributed by atoms with van der Waals surface area (Å²) in [7, 11) is 0. The van der Waals surface area contributed by atoms with Crippen molar-refractivity contribution in [3.05, 3.63) is 47.7 Å². The van der Waals surface area contributed by atoms with Crippen LogP contribution >= 0.6 is 0 Å². The van der Waals surface area contributed by atoms with Crippen LogP contribution in [0.1, 0.15) is 11.1 Å². The lowest BCUT2D eigenvalue weighted by molar-refractivity contribution is -0.330. The van der Waals surface area contributed by atoms with E-state index in [2.05, 4.69) is 6.58 Å². The van der Waals surface area contributed by atoms with E-state index in [9.17, 15) is 0 Å². The van der Waals surface area contributed by atoms with Crippen LogP contribution in [0, 0.1) is 0 Å². The molecule has 2 aliphatic heterocycles. The van der Waals surface area contributed by atoms with E-state index in [1.165, 1.54) is 0 Å². The largest absolute Gasteiger partial charge is 0.438 e. The van der Waals surface area contributed by atoms with Gasteiger partial charge in [-0.2, -0.15) is 0 Å². The van der Waals surface area contributed by atoms with Crippen LogP contribution < -0.4 is 0 Å². The van der Waals surface area contributed by atoms with Crippen molar-refractivity contribution in [2.45, 2.75) is 12.6 Å². The highest BCUT2D eigenvalue weighted by Crippen LogP contribution is 2.43. The molecule has 0 bridgehead atoms. The minimum Gasteiger partial charge on any atom is -0.438 e. The van der Waals surface area contributed by atoms with Gasteiger partial charge in [-0.1, -0.05) is 24.8 Å². The molecule has 1 fully saturated rings. The maximum Gasteiger partial charge on any atom is 0.357 e. The zero-order valence-electron chi connectivity index (χ0n) is 7.66. The predicted molar refractivity (Wildman–Crippen MR) is 49.1 cm³/mol. The summed E-state index contributed by atoms with van der Waals surface area (Å²) in [4.78, 5) is 0. The van der Waals surface area contributed by atoms with Crippen LogP contribution in [-0.4, -0.2) is 6.61 Å². The lowest BCUT2D eigenvalue weighted by Gasteiger charge is -2.20. The summed E-state index contributed by atoms with van der Waals surface area (Å²) in [5, 5.41) is 0. The summed E-state index contributed by atoms with van der Waals surface area (Å²) < 4.78 is 16.5. The van der Waals surface area contributed by atoms with Gasteiger partial charge in [0.15, 0.2) is 0 Å². The van der Waals surface area contributed by atoms with Gasteiger partial charge in [0.25, 0.3) is 0 Å². The summed E-state index contributed by atoms with van der Waals surface area (Å²) in [5.74, 6) is -0.394. The van der Waals surface area contributed by atoms with E-state index >= 15 is 0 Å². The predicted octanol–water partition coefficient (Wildman–Crippen LogP) is 1.89. The van der Waals surface area contributed by atoms with Gasteiger partial charge in [0.2, 0.25) is 0 Å². The average molecular weight is 190 g/mol. The molecule has 1 aromatic rings. The number of benzene rings is 1. The lowest BCUT2D eigenvalue weighted by atomic mass is 10.1. The Morgan fingerprint density at radius 1 is 1.14 bits per heavy atom. The smallest absolute Gasteiger partial charge is 0.357 e. The van der Waals surface area contributed by atoms with Gasteiger partial charge in [0.05, 0.1) is 12.2 Å². The first kappa shape index (κ1) is 8.03. The topological polar surface area (TPSA) is 27.7 Å². The van der Waals surface area contributed by atoms with Crippen molar-refractivity contribution in [3.8, 4) is 0 Å². The van der Waals surface area contributed by atoms with Gasteiger partial charge in [-0.3, -0.25) is 0 Å². The van der Waals surface area contributed by atoms with Gasteiger partial charge < -0.3 is 14.2 Å². The van der Waals surface area contributed by atoms with E-state index in [0.29, 0.717) is 19.0 Å². The molecule has 72 valence electrons. The molecule has 1 spiro atoms. The number of hydrogen-bond donors (Lipinski definition) is 0. The highest BCUT2D eigenvalue weighted by atomic mass is 16.9. The highest BCUT2D eigenvalue weighted by molar-refractivity contribution is 5.33. The molecule has 0 aromatic heterocycles. The van der Waals surface area contributed by atoms with Crippen LogP contribution in [0.25, 0.3) is 0 Å². The third-order valence-corrected chi connectivity index (χ3v) is 2.47. The van der Waals surface area contributed by atoms with E-state index in [1.54, 1.807) is 0 Å². The molecule has 3 rings (SSSR count). The quantitative estimate of drug-likeness (QED) is 0.625. The van der Waals surface area contributed by atoms with E-state index in [0.717, 1.165) is 11.1 Å². The Labute approximate surface area is 81.9 Å². The van der Waals surface area contributed by atoms with E-state index in [-0.39, 0.29) is 0 Å². The Morgan fingerprint density at radius 2 is 1.93 bits per heavy atom. The fraction of sp³-hybridized carbons (Fsp3) is 0.273. The van der Waals surface area contributed by atoms with Crippen LogP contribution in [0.15, 0.2) is 36.6 Å². The molecule has 14 heavy (non-hydrogen) atoms. The van der Waals surface area contributed by atoms with Crippen LogP contribution in [0.4, 0.5) is 0 Å². The summed E-state index contributed by atoms with van der Waals surface area (Å²) in [5.41, 5.74) is 2.07. The van der Waals surface area contributed by atoms with Crippen molar-refractivity contribution in [1.29, 1.82) is 0 Å². The molecule has 1 atom stereocenters. The van der Waals surface area contributed by atoms with Crippen molar-refractivity contribution in [1.82, 2.24) is 0 Å². The van der Waals surface area contributed by atoms with Gasteiger partial charge in [-0.05, 0) is 11.6 Å². The third-order valence-electron chi connectivity index (χ3n) is 2.47. The SMILES string of the molecule is C=C1COC2(OCc3ccccc32)O1. The van der Waals surface area contributed by atoms with E-state index in [4.69, 9.17) is 14.2 Å². The second kappa shape index (κ2) is 2.59. The monoisotopic (exact) mass is 190 g/mol. The molecule has 0 saturated carbocycles. The summed E-state index contributed by atoms with van der Waals surface area (Å²) in [6.45, 7) is 4.65. The lowest BCUT2D eigenvalue weighted by Crippen LogP contribution is -2.25. The van der Waals surface area contributed by atoms with E-state index in [1.807, 2.05) is 24.3 Å². The molecule has 3 nitrogen and oxygen atoms in total. The minimum atomic E-state index is -1.01. The van der Waals surface area contributed by atoms with Crippen molar-refractivity contribution < 1.29 is 14.2 Å². The Balaban J connectivity index is 2.09. The molecule has 0 N–H and O–H groups in total. The van der Waals surface area contributed by atoms with Crippen LogP contribution in [0.5, 0.6) is 0 Å². The van der Waals surface area contributed by atoms with Gasteiger partial charge in [-0.25, -0.2) is 0 Å². The molecular weight excluding hydrogens is 180 g/mol. The molecule has 1 saturated heterocycles. The first-order chi connectivity index (χ1) is 6.80.